The fourth-order valence-corrected chi connectivity index (χ4v) is 5.73. The van der Waals surface area contributed by atoms with E-state index < -0.39 is 5.97 Å². The van der Waals surface area contributed by atoms with Crippen LogP contribution in [-0.2, 0) is 17.6 Å². The zero-order chi connectivity index (χ0) is 23.8. The van der Waals surface area contributed by atoms with Crippen molar-refractivity contribution in [3.63, 3.8) is 0 Å². The van der Waals surface area contributed by atoms with E-state index in [0.717, 1.165) is 36.1 Å². The van der Waals surface area contributed by atoms with Crippen molar-refractivity contribution in [2.24, 2.45) is 0 Å². The van der Waals surface area contributed by atoms with E-state index in [1.165, 1.54) is 23.0 Å². The number of carbonyl (C=O) groups excluding carboxylic acids is 2. The van der Waals surface area contributed by atoms with E-state index in [0.29, 0.717) is 38.5 Å². The second kappa shape index (κ2) is 8.87. The lowest BCUT2D eigenvalue weighted by Gasteiger charge is -2.12. The van der Waals surface area contributed by atoms with Crippen LogP contribution in [0.1, 0.15) is 49.8 Å². The maximum atomic E-state index is 13.0. The number of esters is 1. The average Bonchev–Trinajstić information content (AvgIpc) is 3.21. The van der Waals surface area contributed by atoms with Crippen LogP contribution in [0.3, 0.4) is 0 Å². The molecule has 0 bridgehead atoms. The Kier molecular flexibility index (Phi) is 5.75. The molecular weight excluding hydrogens is 450 g/mol. The Balaban J connectivity index is 1.45. The summed E-state index contributed by atoms with van der Waals surface area (Å²) >= 11 is 1.45. The first-order valence-corrected chi connectivity index (χ1v) is 11.9. The molecule has 172 valence electrons. The molecule has 7 nitrogen and oxygen atoms in total. The highest BCUT2D eigenvalue weighted by molar-refractivity contribution is 7.17. The van der Waals surface area contributed by atoms with Crippen LogP contribution < -0.4 is 10.9 Å². The zero-order valence-corrected chi connectivity index (χ0v) is 19.7. The third kappa shape index (κ3) is 3.80. The van der Waals surface area contributed by atoms with Gasteiger partial charge in [-0.3, -0.25) is 14.2 Å². The second-order valence-electron chi connectivity index (χ2n) is 8.22. The predicted octanol–water partition coefficient (Wildman–Crippen LogP) is 4.67. The molecule has 1 N–H and O–H groups in total. The van der Waals surface area contributed by atoms with Gasteiger partial charge in [-0.2, -0.15) is 0 Å². The number of ether oxygens (including phenoxy) is 1. The molecule has 0 saturated carbocycles. The number of anilines is 1. The number of benzene rings is 2. The number of thiophene rings is 1. The van der Waals surface area contributed by atoms with E-state index in [1.807, 2.05) is 18.2 Å². The van der Waals surface area contributed by atoms with Crippen LogP contribution in [0.5, 0.6) is 0 Å². The van der Waals surface area contributed by atoms with Crippen LogP contribution in [0.4, 0.5) is 5.00 Å². The van der Waals surface area contributed by atoms with E-state index in [9.17, 15) is 14.4 Å². The van der Waals surface area contributed by atoms with Crippen molar-refractivity contribution in [2.45, 2.75) is 32.6 Å². The smallest absolute Gasteiger partial charge is 0.341 e. The van der Waals surface area contributed by atoms with Crippen molar-refractivity contribution >= 4 is 39.1 Å². The topological polar surface area (TPSA) is 90.3 Å². The van der Waals surface area contributed by atoms with Crippen LogP contribution in [-0.4, -0.2) is 28.5 Å². The van der Waals surface area contributed by atoms with Gasteiger partial charge in [0.1, 0.15) is 10.8 Å². The normalized spacial score (nSPS) is 12.9. The van der Waals surface area contributed by atoms with Gasteiger partial charge >= 0.3 is 5.97 Å². The molecule has 0 fully saturated rings. The van der Waals surface area contributed by atoms with E-state index in [-0.39, 0.29) is 11.5 Å². The Morgan fingerprint density at radius 1 is 1.06 bits per heavy atom. The van der Waals surface area contributed by atoms with Gasteiger partial charge in [-0.1, -0.05) is 12.1 Å². The van der Waals surface area contributed by atoms with Crippen LogP contribution in [0.15, 0.2) is 53.3 Å². The highest BCUT2D eigenvalue weighted by atomic mass is 32.1. The first-order valence-electron chi connectivity index (χ1n) is 11.1. The Morgan fingerprint density at radius 3 is 2.56 bits per heavy atom. The monoisotopic (exact) mass is 473 g/mol. The van der Waals surface area contributed by atoms with Crippen molar-refractivity contribution in [3.05, 3.63) is 86.3 Å². The van der Waals surface area contributed by atoms with Gasteiger partial charge in [0.05, 0.1) is 29.3 Å². The van der Waals surface area contributed by atoms with Crippen LogP contribution in [0.25, 0.3) is 16.6 Å². The number of nitrogens with zero attached hydrogens (tertiary/aromatic N) is 2. The molecule has 0 radical (unpaired) electrons. The number of para-hydroxylation sites is 1. The van der Waals surface area contributed by atoms with Crippen LogP contribution in [0.2, 0.25) is 0 Å². The number of rotatable bonds is 4. The van der Waals surface area contributed by atoms with Crippen molar-refractivity contribution in [1.82, 2.24) is 9.55 Å². The minimum atomic E-state index is -0.427. The third-order valence-electron chi connectivity index (χ3n) is 6.12. The molecule has 0 unspecified atom stereocenters. The summed E-state index contributed by atoms with van der Waals surface area (Å²) in [6.45, 7) is 1.78. The van der Waals surface area contributed by atoms with Gasteiger partial charge in [-0.25, -0.2) is 9.78 Å². The minimum absolute atomic E-state index is 0.160. The van der Waals surface area contributed by atoms with Crippen molar-refractivity contribution in [1.29, 1.82) is 0 Å². The highest BCUT2D eigenvalue weighted by Gasteiger charge is 2.27. The van der Waals surface area contributed by atoms with E-state index in [1.54, 1.807) is 37.3 Å². The zero-order valence-electron chi connectivity index (χ0n) is 18.9. The lowest BCUT2D eigenvalue weighted by atomic mass is 9.95. The molecule has 2 aromatic carbocycles. The molecule has 2 aromatic heterocycles. The lowest BCUT2D eigenvalue weighted by Crippen LogP contribution is -2.22. The van der Waals surface area contributed by atoms with Gasteiger partial charge in [0, 0.05) is 10.4 Å². The Labute approximate surface area is 200 Å². The highest BCUT2D eigenvalue weighted by Crippen LogP contribution is 2.38. The number of hydrogen-bond donors (Lipinski definition) is 1. The number of amides is 1. The number of hydrogen-bond acceptors (Lipinski definition) is 6. The average molecular weight is 474 g/mol. The minimum Gasteiger partial charge on any atom is -0.465 e. The van der Waals surface area contributed by atoms with Crippen molar-refractivity contribution in [3.8, 4) is 5.69 Å². The molecule has 1 aliphatic carbocycles. The molecule has 2 heterocycles. The predicted molar refractivity (Wildman–Crippen MR) is 132 cm³/mol. The molecular formula is C26H23N3O4S. The van der Waals surface area contributed by atoms with Crippen LogP contribution in [0, 0.1) is 6.92 Å². The number of nitrogens with one attached hydrogen (secondary N) is 1. The molecule has 8 heteroatoms. The Hall–Kier alpha value is -3.78. The molecule has 0 spiro atoms. The largest absolute Gasteiger partial charge is 0.465 e. The van der Waals surface area contributed by atoms with Gasteiger partial charge in [0.25, 0.3) is 11.5 Å². The second-order valence-corrected chi connectivity index (χ2v) is 9.33. The lowest BCUT2D eigenvalue weighted by molar-refractivity contribution is 0.0601. The quantitative estimate of drug-likeness (QED) is 0.435. The summed E-state index contributed by atoms with van der Waals surface area (Å²) in [5, 5.41) is 3.96. The molecule has 1 aliphatic rings. The summed E-state index contributed by atoms with van der Waals surface area (Å²) in [4.78, 5) is 44.2. The SMILES string of the molecule is COC(=O)c1c(NC(=O)c2ccc(-n3c(C)nc4ccccc4c3=O)cc2)sc2c1CCCC2. The Morgan fingerprint density at radius 2 is 1.79 bits per heavy atom. The fraction of sp³-hybridized carbons (Fsp3) is 0.231. The van der Waals surface area contributed by atoms with Gasteiger partial charge in [0.2, 0.25) is 0 Å². The van der Waals surface area contributed by atoms with Crippen LogP contribution >= 0.6 is 11.3 Å². The fourth-order valence-electron chi connectivity index (χ4n) is 4.46. The molecule has 34 heavy (non-hydrogen) atoms. The van der Waals surface area contributed by atoms with Crippen molar-refractivity contribution < 1.29 is 14.3 Å². The van der Waals surface area contributed by atoms with Gasteiger partial charge < -0.3 is 10.1 Å². The van der Waals surface area contributed by atoms with Gasteiger partial charge in [-0.05, 0) is 74.6 Å². The van der Waals surface area contributed by atoms with Gasteiger partial charge in [0.15, 0.2) is 0 Å². The summed E-state index contributed by atoms with van der Waals surface area (Å²) in [6, 6.07) is 14.0. The summed E-state index contributed by atoms with van der Waals surface area (Å²) < 4.78 is 6.52. The molecule has 0 saturated heterocycles. The maximum absolute atomic E-state index is 13.0. The summed E-state index contributed by atoms with van der Waals surface area (Å²) in [5.74, 6) is -0.188. The summed E-state index contributed by atoms with van der Waals surface area (Å²) in [5.41, 5.74) is 3.00. The van der Waals surface area contributed by atoms with E-state index in [4.69, 9.17) is 4.74 Å². The molecule has 4 aromatic rings. The number of methoxy groups -OCH3 is 1. The summed E-state index contributed by atoms with van der Waals surface area (Å²) in [7, 11) is 1.35. The third-order valence-corrected chi connectivity index (χ3v) is 7.33. The first kappa shape index (κ1) is 22.0. The number of fused-ring (bicyclic) bond motifs is 2. The molecule has 5 rings (SSSR count). The number of carbonyl (C=O) groups is 2. The van der Waals surface area contributed by atoms with Gasteiger partial charge in [-0.15, -0.1) is 11.3 Å². The van der Waals surface area contributed by atoms with E-state index >= 15 is 0 Å². The molecule has 0 aliphatic heterocycles. The first-order chi connectivity index (χ1) is 16.5. The summed E-state index contributed by atoms with van der Waals surface area (Å²) in [6.07, 6.45) is 3.81. The molecule has 0 atom stereocenters. The number of aromatic nitrogens is 2. The molecule has 1 amide bonds. The maximum Gasteiger partial charge on any atom is 0.341 e. The number of aryl methyl sites for hydroxylation is 2. The standard InChI is InChI=1S/C26H23N3O4S/c1-15-27-20-9-5-3-7-18(20)25(31)29(15)17-13-11-16(12-14-17)23(30)28-24-22(26(32)33-2)19-8-4-6-10-21(19)34-24/h3,5,7,9,11-14H,4,6,8,10H2,1-2H3,(H,28,30). The Bertz CT molecular complexity index is 1480. The van der Waals surface area contributed by atoms with Crippen molar-refractivity contribution in [2.75, 3.05) is 12.4 Å². The van der Waals surface area contributed by atoms with E-state index in [2.05, 4.69) is 10.3 Å².